The average Bonchev–Trinajstić information content (AvgIpc) is 2.83. The van der Waals surface area contributed by atoms with Crippen molar-refractivity contribution < 1.29 is 23.3 Å². The number of nitrogens with zero attached hydrogens (tertiary/aromatic N) is 3. The van der Waals surface area contributed by atoms with Gasteiger partial charge in [0, 0.05) is 48.6 Å². The van der Waals surface area contributed by atoms with E-state index >= 15 is 0 Å². The zero-order chi connectivity index (χ0) is 28.6. The summed E-state index contributed by atoms with van der Waals surface area (Å²) in [5, 5.41) is 11.0. The number of halogens is 3. The molecule has 0 spiro atoms. The van der Waals surface area contributed by atoms with E-state index in [1.54, 1.807) is 11.4 Å². The van der Waals surface area contributed by atoms with Crippen molar-refractivity contribution in [2.75, 3.05) is 11.9 Å². The molecule has 5 N–H and O–H groups in total. The Kier molecular flexibility index (Phi) is 7.68. The Bertz CT molecular complexity index is 1370. The lowest BCUT2D eigenvalue weighted by Gasteiger charge is -2.33. The van der Waals surface area contributed by atoms with Gasteiger partial charge in [0.1, 0.15) is 16.7 Å². The average molecular weight is 543 g/mol. The first-order chi connectivity index (χ1) is 18.2. The Labute approximate surface area is 226 Å². The van der Waals surface area contributed by atoms with Crippen molar-refractivity contribution in [3.63, 3.8) is 0 Å². The lowest BCUT2D eigenvalue weighted by molar-refractivity contribution is -0.483. The van der Waals surface area contributed by atoms with Crippen molar-refractivity contribution in [3.05, 3.63) is 65.1 Å². The van der Waals surface area contributed by atoms with Gasteiger partial charge in [0.05, 0.1) is 11.9 Å². The normalized spacial score (nSPS) is 15.1. The third-order valence-corrected chi connectivity index (χ3v) is 6.89. The Balaban J connectivity index is 1.67. The monoisotopic (exact) mass is 542 g/mol. The molecule has 39 heavy (non-hydrogen) atoms. The van der Waals surface area contributed by atoms with E-state index in [1.807, 2.05) is 26.0 Å². The molecule has 1 aliphatic heterocycles. The number of rotatable bonds is 7. The summed E-state index contributed by atoms with van der Waals surface area (Å²) in [5.74, 6) is 0.151. The number of nitrogens with two attached hydrogens (primary N) is 1. The number of amides is 1. The third kappa shape index (κ3) is 6.20. The molecule has 11 heteroatoms. The molecule has 3 aromatic rings. The fourth-order valence-electron chi connectivity index (χ4n) is 4.47. The number of nitrogens with one attached hydrogen (secondary N) is 3. The summed E-state index contributed by atoms with van der Waals surface area (Å²) < 4.78 is 40.9. The van der Waals surface area contributed by atoms with E-state index in [9.17, 15) is 18.0 Å². The first kappa shape index (κ1) is 28.4. The molecule has 2 aromatic heterocycles. The maximum atomic E-state index is 13.6. The number of fused-ring (bicyclic) bond motifs is 1. The van der Waals surface area contributed by atoms with E-state index in [0.717, 1.165) is 32.6 Å². The minimum Gasteiger partial charge on any atom is -0.350 e. The number of pyridine rings is 1. The number of hydrogen-bond donors (Lipinski definition) is 4. The van der Waals surface area contributed by atoms with Crippen LogP contribution in [0.1, 0.15) is 68.7 Å². The molecule has 1 amide bonds. The molecule has 8 nitrogen and oxygen atoms in total. The van der Waals surface area contributed by atoms with Crippen LogP contribution in [0.3, 0.4) is 0 Å². The van der Waals surface area contributed by atoms with E-state index in [0.29, 0.717) is 5.69 Å². The van der Waals surface area contributed by atoms with Gasteiger partial charge < -0.3 is 16.0 Å². The van der Waals surface area contributed by atoms with E-state index in [-0.39, 0.29) is 40.4 Å². The van der Waals surface area contributed by atoms with Crippen molar-refractivity contribution in [2.24, 2.45) is 0 Å². The van der Waals surface area contributed by atoms with Crippen LogP contribution in [0.4, 0.5) is 36.3 Å². The zero-order valence-electron chi connectivity index (χ0n) is 23.0. The van der Waals surface area contributed by atoms with Gasteiger partial charge in [-0.25, -0.2) is 4.98 Å². The minimum absolute atomic E-state index is 0.0141. The van der Waals surface area contributed by atoms with Gasteiger partial charge in [-0.15, -0.1) is 0 Å². The Morgan fingerprint density at radius 2 is 1.87 bits per heavy atom. The molecule has 0 aliphatic carbocycles. The van der Waals surface area contributed by atoms with Crippen molar-refractivity contribution >= 4 is 29.0 Å². The van der Waals surface area contributed by atoms with Gasteiger partial charge in [-0.3, -0.25) is 15.1 Å². The van der Waals surface area contributed by atoms with Gasteiger partial charge in [0.25, 0.3) is 5.91 Å². The molecule has 0 radical (unpaired) electrons. The third-order valence-electron chi connectivity index (χ3n) is 6.89. The van der Waals surface area contributed by atoms with Crippen LogP contribution in [0, 0.1) is 0 Å². The van der Waals surface area contributed by atoms with Crippen molar-refractivity contribution in [1.29, 1.82) is 0 Å². The van der Waals surface area contributed by atoms with Crippen LogP contribution in [0.5, 0.6) is 0 Å². The second-order valence-corrected chi connectivity index (χ2v) is 11.3. The first-order valence-electron chi connectivity index (χ1n) is 12.8. The number of benzene rings is 1. The number of anilines is 2. The molecular formula is C28H35F3N7O+. The number of aromatic nitrogens is 3. The molecule has 0 atom stereocenters. The SMILES string of the molecule is CC(C)NC(=O)c1cnc(Nc2ccc3c(c2)CNCC3(C)C)nc1[NH2+]c1ccnc(C(C)(C)C(F)(F)F)c1. The minimum atomic E-state index is -4.48. The van der Waals surface area contributed by atoms with E-state index in [1.165, 1.54) is 29.6 Å². The van der Waals surface area contributed by atoms with Gasteiger partial charge in [-0.2, -0.15) is 18.2 Å². The van der Waals surface area contributed by atoms with Crippen molar-refractivity contribution in [3.8, 4) is 0 Å². The fourth-order valence-corrected chi connectivity index (χ4v) is 4.47. The molecule has 208 valence electrons. The first-order valence-corrected chi connectivity index (χ1v) is 12.8. The summed E-state index contributed by atoms with van der Waals surface area (Å²) in [6.45, 7) is 11.9. The maximum absolute atomic E-state index is 13.6. The summed E-state index contributed by atoms with van der Waals surface area (Å²) >= 11 is 0. The van der Waals surface area contributed by atoms with E-state index in [2.05, 4.69) is 50.8 Å². The lowest BCUT2D eigenvalue weighted by atomic mass is 9.79. The highest BCUT2D eigenvalue weighted by atomic mass is 19.4. The lowest BCUT2D eigenvalue weighted by Crippen LogP contribution is -2.72. The summed E-state index contributed by atoms with van der Waals surface area (Å²) in [4.78, 5) is 25.8. The van der Waals surface area contributed by atoms with Gasteiger partial charge in [0.2, 0.25) is 11.8 Å². The number of hydrogen-bond acceptors (Lipinski definition) is 6. The number of carbonyl (C=O) groups excluding carboxylic acids is 1. The molecule has 4 rings (SSSR count). The van der Waals surface area contributed by atoms with Gasteiger partial charge in [0.15, 0.2) is 0 Å². The number of carbonyl (C=O) groups is 1. The summed E-state index contributed by atoms with van der Waals surface area (Å²) in [5.41, 5.74) is 1.61. The molecule has 0 bridgehead atoms. The quantitative estimate of drug-likeness (QED) is 0.350. The van der Waals surface area contributed by atoms with Gasteiger partial charge >= 0.3 is 6.18 Å². The fraction of sp³-hybridized carbons (Fsp3) is 0.429. The second-order valence-electron chi connectivity index (χ2n) is 11.3. The Morgan fingerprint density at radius 3 is 2.56 bits per heavy atom. The molecular weight excluding hydrogens is 507 g/mol. The predicted octanol–water partition coefficient (Wildman–Crippen LogP) is 4.50. The topological polar surface area (TPSA) is 108 Å². The maximum Gasteiger partial charge on any atom is 0.399 e. The molecule has 0 saturated heterocycles. The van der Waals surface area contributed by atoms with Crippen LogP contribution >= 0.6 is 0 Å². The summed E-state index contributed by atoms with van der Waals surface area (Å²) in [6, 6.07) is 8.92. The van der Waals surface area contributed by atoms with E-state index in [4.69, 9.17) is 0 Å². The summed E-state index contributed by atoms with van der Waals surface area (Å²) in [6.07, 6.45) is -1.73. The van der Waals surface area contributed by atoms with Crippen LogP contribution in [0.25, 0.3) is 0 Å². The van der Waals surface area contributed by atoms with Crippen LogP contribution in [0.2, 0.25) is 0 Å². The number of alkyl halides is 3. The highest BCUT2D eigenvalue weighted by Crippen LogP contribution is 2.39. The molecule has 3 heterocycles. The van der Waals surface area contributed by atoms with Gasteiger partial charge in [-0.1, -0.05) is 19.9 Å². The van der Waals surface area contributed by atoms with Crippen molar-refractivity contribution in [2.45, 2.75) is 71.1 Å². The largest absolute Gasteiger partial charge is 0.399 e. The van der Waals surface area contributed by atoms with Crippen LogP contribution in [0.15, 0.2) is 42.7 Å². The van der Waals surface area contributed by atoms with E-state index < -0.39 is 11.6 Å². The molecule has 1 aromatic carbocycles. The highest BCUT2D eigenvalue weighted by molar-refractivity contribution is 5.97. The Morgan fingerprint density at radius 1 is 1.13 bits per heavy atom. The predicted molar refractivity (Wildman–Crippen MR) is 144 cm³/mol. The van der Waals surface area contributed by atoms with Crippen LogP contribution in [-0.2, 0) is 17.4 Å². The van der Waals surface area contributed by atoms with Crippen molar-refractivity contribution in [1.82, 2.24) is 25.6 Å². The van der Waals surface area contributed by atoms with Crippen LogP contribution < -0.4 is 21.3 Å². The standard InChI is InChI=1S/C28H34F3N7O/c1-16(2)35-24(39)20-14-34-25(37-18-7-8-21-17(11-18)13-32-15-26(21,3)4)38-23(20)36-19-9-10-33-22(12-19)27(5,6)28(29,30)31/h7-12,14,16,32H,13,15H2,1-6H3,(H,35,39)(H2,33,34,36,37,38)/p+1. The molecule has 0 fully saturated rings. The molecule has 0 unspecified atom stereocenters. The number of quaternary nitrogens is 1. The smallest absolute Gasteiger partial charge is 0.350 e. The second kappa shape index (κ2) is 10.5. The van der Waals surface area contributed by atoms with Crippen LogP contribution in [-0.4, -0.2) is 39.6 Å². The zero-order valence-corrected chi connectivity index (χ0v) is 23.0. The Hall–Kier alpha value is -3.57. The molecule has 1 aliphatic rings. The molecule has 0 saturated carbocycles. The van der Waals surface area contributed by atoms with Gasteiger partial charge in [-0.05, 0) is 51.0 Å². The highest BCUT2D eigenvalue weighted by Gasteiger charge is 2.49. The summed E-state index contributed by atoms with van der Waals surface area (Å²) in [7, 11) is 0.